The van der Waals surface area contributed by atoms with E-state index < -0.39 is 0 Å². The fraction of sp³-hybridized carbons (Fsp3) is 0.516. The molecule has 0 atom stereocenters. The van der Waals surface area contributed by atoms with Gasteiger partial charge in [-0.15, -0.1) is 0 Å². The molecular formula is C31H47N9S. The molecule has 10 heteroatoms. The molecule has 1 saturated carbocycles. The predicted octanol–water partition coefficient (Wildman–Crippen LogP) is 7.12. The molecule has 1 aliphatic carbocycles. The number of nitrogens with zero attached hydrogens (tertiary/aromatic N) is 6. The molecule has 3 aromatic rings. The second kappa shape index (κ2) is 14.5. The van der Waals surface area contributed by atoms with Crippen LogP contribution in [-0.4, -0.2) is 60.5 Å². The highest BCUT2D eigenvalue weighted by molar-refractivity contribution is 7.99. The third-order valence-corrected chi connectivity index (χ3v) is 8.89. The minimum Gasteiger partial charge on any atom is -0.397 e. The van der Waals surface area contributed by atoms with E-state index in [4.69, 9.17) is 20.7 Å². The Kier molecular flexibility index (Phi) is 10.8. The molecule has 1 aliphatic rings. The molecule has 1 fully saturated rings. The molecule has 0 unspecified atom stereocenters. The number of anilines is 8. The molecule has 222 valence electrons. The number of nitrogens with two attached hydrogens (primary N) is 1. The Labute approximate surface area is 250 Å². The molecule has 0 saturated heterocycles. The van der Waals surface area contributed by atoms with Crippen molar-refractivity contribution in [2.45, 2.75) is 70.2 Å². The van der Waals surface area contributed by atoms with Crippen LogP contribution in [-0.2, 0) is 0 Å². The van der Waals surface area contributed by atoms with Gasteiger partial charge in [-0.05, 0) is 76.9 Å². The minimum absolute atomic E-state index is 0.482. The summed E-state index contributed by atoms with van der Waals surface area (Å²) >= 11 is 1.76. The highest BCUT2D eigenvalue weighted by atomic mass is 32.2. The number of rotatable bonds is 13. The molecule has 0 spiro atoms. The fourth-order valence-electron chi connectivity index (χ4n) is 5.33. The van der Waals surface area contributed by atoms with E-state index in [0.717, 1.165) is 59.8 Å². The van der Waals surface area contributed by atoms with Gasteiger partial charge in [0, 0.05) is 56.9 Å². The Morgan fingerprint density at radius 3 is 1.85 bits per heavy atom. The van der Waals surface area contributed by atoms with Crippen LogP contribution in [0.15, 0.2) is 41.6 Å². The normalized spacial score (nSPS) is 13.6. The second-order valence-electron chi connectivity index (χ2n) is 10.6. The van der Waals surface area contributed by atoms with Gasteiger partial charge in [0.25, 0.3) is 0 Å². The van der Waals surface area contributed by atoms with Crippen molar-refractivity contribution in [3.05, 3.63) is 36.4 Å². The van der Waals surface area contributed by atoms with Crippen molar-refractivity contribution >= 4 is 57.8 Å². The van der Waals surface area contributed by atoms with Crippen LogP contribution in [0.2, 0.25) is 0 Å². The third-order valence-electron chi connectivity index (χ3n) is 7.69. The van der Waals surface area contributed by atoms with Crippen LogP contribution in [0, 0.1) is 0 Å². The number of hydrogen-bond acceptors (Lipinski definition) is 10. The van der Waals surface area contributed by atoms with Gasteiger partial charge in [0.1, 0.15) is 0 Å². The van der Waals surface area contributed by atoms with Crippen molar-refractivity contribution in [3.8, 4) is 0 Å². The standard InChI is InChI=1S/C31H47N9S/c1-7-39(8-2)22-16-18-25(32)26(20-22)33-29-35-30(37-31(36-29)41-24-14-12-11-13-15-24)34-27-21-23(40(9-3)10-4)17-19-28(27)38(5)6/h16-21,24H,7-15,32H2,1-6H3,(H2,33,34,35,36,37). The Morgan fingerprint density at radius 2 is 1.29 bits per heavy atom. The molecule has 0 bridgehead atoms. The van der Waals surface area contributed by atoms with Crippen molar-refractivity contribution in [3.63, 3.8) is 0 Å². The van der Waals surface area contributed by atoms with E-state index in [2.05, 4.69) is 83.4 Å². The average molecular weight is 578 g/mol. The summed E-state index contributed by atoms with van der Waals surface area (Å²) in [5.41, 5.74) is 12.1. The first-order chi connectivity index (χ1) is 19.8. The third kappa shape index (κ3) is 7.87. The predicted molar refractivity (Wildman–Crippen MR) is 178 cm³/mol. The number of aromatic nitrogens is 3. The number of nitrogen functional groups attached to an aromatic ring is 1. The Bertz CT molecular complexity index is 1270. The van der Waals surface area contributed by atoms with Crippen LogP contribution in [0.4, 0.5) is 46.0 Å². The lowest BCUT2D eigenvalue weighted by Crippen LogP contribution is -2.22. The first-order valence-corrected chi connectivity index (χ1v) is 15.9. The Morgan fingerprint density at radius 1 is 0.756 bits per heavy atom. The Balaban J connectivity index is 1.71. The van der Waals surface area contributed by atoms with E-state index in [1.165, 1.54) is 32.1 Å². The van der Waals surface area contributed by atoms with Gasteiger partial charge in [0.05, 0.1) is 22.7 Å². The summed E-state index contributed by atoms with van der Waals surface area (Å²) in [6.45, 7) is 12.4. The van der Waals surface area contributed by atoms with Crippen molar-refractivity contribution in [2.75, 3.05) is 71.3 Å². The molecule has 9 nitrogen and oxygen atoms in total. The average Bonchev–Trinajstić information content (AvgIpc) is 2.96. The number of nitrogens with one attached hydrogen (secondary N) is 2. The first-order valence-electron chi connectivity index (χ1n) is 15.0. The van der Waals surface area contributed by atoms with Gasteiger partial charge in [0.15, 0.2) is 5.16 Å². The maximum absolute atomic E-state index is 6.41. The van der Waals surface area contributed by atoms with E-state index in [-0.39, 0.29) is 0 Å². The summed E-state index contributed by atoms with van der Waals surface area (Å²) in [6, 6.07) is 12.6. The van der Waals surface area contributed by atoms with E-state index >= 15 is 0 Å². The minimum atomic E-state index is 0.482. The molecule has 41 heavy (non-hydrogen) atoms. The van der Waals surface area contributed by atoms with Crippen molar-refractivity contribution in [1.29, 1.82) is 0 Å². The van der Waals surface area contributed by atoms with Crippen LogP contribution >= 0.6 is 11.8 Å². The smallest absolute Gasteiger partial charge is 0.233 e. The summed E-state index contributed by atoms with van der Waals surface area (Å²) < 4.78 is 0. The van der Waals surface area contributed by atoms with Gasteiger partial charge >= 0.3 is 0 Å². The maximum Gasteiger partial charge on any atom is 0.233 e. The topological polar surface area (TPSA) is 98.5 Å². The van der Waals surface area contributed by atoms with E-state index in [1.54, 1.807) is 11.8 Å². The molecular weight excluding hydrogens is 530 g/mol. The summed E-state index contributed by atoms with van der Waals surface area (Å²) in [5.74, 6) is 0.995. The van der Waals surface area contributed by atoms with E-state index in [9.17, 15) is 0 Å². The molecule has 0 radical (unpaired) electrons. The molecule has 2 aromatic carbocycles. The fourth-order valence-corrected chi connectivity index (χ4v) is 6.48. The molecule has 0 amide bonds. The molecule has 1 aromatic heterocycles. The summed E-state index contributed by atoms with van der Waals surface area (Å²) in [7, 11) is 4.10. The van der Waals surface area contributed by atoms with Crippen molar-refractivity contribution in [2.24, 2.45) is 0 Å². The zero-order valence-electron chi connectivity index (χ0n) is 25.6. The van der Waals surface area contributed by atoms with Crippen molar-refractivity contribution < 1.29 is 0 Å². The quantitative estimate of drug-likeness (QED) is 0.182. The number of benzene rings is 2. The lowest BCUT2D eigenvalue weighted by molar-refractivity contribution is 0.515. The van der Waals surface area contributed by atoms with Crippen molar-refractivity contribution in [1.82, 2.24) is 15.0 Å². The first kappa shape index (κ1) is 30.6. The summed E-state index contributed by atoms with van der Waals surface area (Å²) in [5, 5.41) is 8.20. The van der Waals surface area contributed by atoms with Gasteiger partial charge in [-0.3, -0.25) is 0 Å². The molecule has 4 N–H and O–H groups in total. The zero-order chi connectivity index (χ0) is 29.4. The zero-order valence-corrected chi connectivity index (χ0v) is 26.4. The van der Waals surface area contributed by atoms with Crippen LogP contribution in [0.3, 0.4) is 0 Å². The maximum atomic E-state index is 6.41. The van der Waals surface area contributed by atoms with Gasteiger partial charge in [-0.25, -0.2) is 0 Å². The number of thioether (sulfide) groups is 1. The summed E-state index contributed by atoms with van der Waals surface area (Å²) in [4.78, 5) is 21.3. The highest BCUT2D eigenvalue weighted by Gasteiger charge is 2.19. The van der Waals surface area contributed by atoms with Gasteiger partial charge in [-0.1, -0.05) is 31.0 Å². The summed E-state index contributed by atoms with van der Waals surface area (Å²) in [6.07, 6.45) is 6.22. The van der Waals surface area contributed by atoms with Crippen LogP contribution in [0.25, 0.3) is 0 Å². The largest absolute Gasteiger partial charge is 0.397 e. The highest BCUT2D eigenvalue weighted by Crippen LogP contribution is 2.35. The van der Waals surface area contributed by atoms with Gasteiger partial charge in [-0.2, -0.15) is 15.0 Å². The lowest BCUT2D eigenvalue weighted by Gasteiger charge is -2.25. The van der Waals surface area contributed by atoms with Crippen LogP contribution < -0.4 is 31.1 Å². The second-order valence-corrected chi connectivity index (χ2v) is 11.9. The van der Waals surface area contributed by atoms with Gasteiger partial charge in [0.2, 0.25) is 11.9 Å². The van der Waals surface area contributed by atoms with E-state index in [0.29, 0.717) is 22.8 Å². The van der Waals surface area contributed by atoms with Gasteiger partial charge < -0.3 is 31.1 Å². The van der Waals surface area contributed by atoms with Crippen LogP contribution in [0.1, 0.15) is 59.8 Å². The monoisotopic (exact) mass is 577 g/mol. The molecule has 0 aliphatic heterocycles. The van der Waals surface area contributed by atoms with E-state index in [1.807, 2.05) is 20.2 Å². The SMILES string of the molecule is CCN(CC)c1ccc(N)c(Nc2nc(Nc3cc(N(CC)CC)ccc3N(C)C)nc(SC3CCCCC3)n2)c1. The molecule has 4 rings (SSSR count). The molecule has 1 heterocycles. The lowest BCUT2D eigenvalue weighted by atomic mass is 10.0. The number of hydrogen-bond donors (Lipinski definition) is 3. The Hall–Kier alpha value is -3.40. The van der Waals surface area contributed by atoms with Crippen LogP contribution in [0.5, 0.6) is 0 Å².